The third-order valence-electron chi connectivity index (χ3n) is 1.99. The summed E-state index contributed by atoms with van der Waals surface area (Å²) < 4.78 is 19.1. The monoisotopic (exact) mass is 313 g/mol. The molecule has 0 amide bonds. The summed E-state index contributed by atoms with van der Waals surface area (Å²) in [6.07, 6.45) is 0. The van der Waals surface area contributed by atoms with Gasteiger partial charge in [0.15, 0.2) is 0 Å². The van der Waals surface area contributed by atoms with E-state index in [0.29, 0.717) is 4.47 Å². The molecule has 1 aromatic carbocycles. The van der Waals surface area contributed by atoms with Crippen molar-refractivity contribution in [3.05, 3.63) is 28.5 Å². The van der Waals surface area contributed by atoms with E-state index < -0.39 is 5.82 Å². The number of aromatic nitrogens is 3. The van der Waals surface area contributed by atoms with Crippen LogP contribution in [0.2, 0.25) is 0 Å². The lowest BCUT2D eigenvalue weighted by molar-refractivity contribution is 0.380. The Morgan fingerprint density at radius 2 is 2.11 bits per heavy atom. The lowest BCUT2D eigenvalue weighted by atomic mass is 10.3. The summed E-state index contributed by atoms with van der Waals surface area (Å²) in [7, 11) is 1.40. The fourth-order valence-electron chi connectivity index (χ4n) is 1.23. The molecule has 94 valence electrons. The molecular weight excluding hydrogens is 305 g/mol. The molecular formula is C10H9BrFN5O. The Hall–Kier alpha value is -1.96. The van der Waals surface area contributed by atoms with E-state index in [1.807, 2.05) is 0 Å². The van der Waals surface area contributed by atoms with Crippen LogP contribution >= 0.6 is 15.9 Å². The number of rotatable bonds is 3. The van der Waals surface area contributed by atoms with E-state index >= 15 is 0 Å². The zero-order valence-electron chi connectivity index (χ0n) is 9.32. The van der Waals surface area contributed by atoms with Gasteiger partial charge in [0.05, 0.1) is 12.8 Å². The molecule has 0 atom stereocenters. The van der Waals surface area contributed by atoms with Crippen LogP contribution in [0, 0.1) is 5.82 Å². The first kappa shape index (κ1) is 12.5. The second-order valence-corrected chi connectivity index (χ2v) is 4.17. The molecule has 0 fully saturated rings. The number of anilines is 3. The fraction of sp³-hybridized carbons (Fsp3) is 0.100. The molecule has 0 saturated heterocycles. The Bertz CT molecular complexity index is 580. The lowest BCUT2D eigenvalue weighted by Crippen LogP contribution is -2.05. The smallest absolute Gasteiger partial charge is 0.322 e. The van der Waals surface area contributed by atoms with Gasteiger partial charge in [-0.1, -0.05) is 15.9 Å². The molecule has 6 nitrogen and oxygen atoms in total. The summed E-state index contributed by atoms with van der Waals surface area (Å²) in [6, 6.07) is 4.62. The van der Waals surface area contributed by atoms with E-state index in [9.17, 15) is 4.39 Å². The lowest BCUT2D eigenvalue weighted by Gasteiger charge is -2.07. The summed E-state index contributed by atoms with van der Waals surface area (Å²) in [6.45, 7) is 0. The van der Waals surface area contributed by atoms with Gasteiger partial charge in [0.1, 0.15) is 5.82 Å². The molecule has 0 aliphatic rings. The third kappa shape index (κ3) is 2.83. The molecule has 0 aliphatic carbocycles. The van der Waals surface area contributed by atoms with E-state index in [1.54, 1.807) is 12.1 Å². The van der Waals surface area contributed by atoms with E-state index in [4.69, 9.17) is 10.5 Å². The maximum absolute atomic E-state index is 13.6. The van der Waals surface area contributed by atoms with Gasteiger partial charge < -0.3 is 15.8 Å². The predicted octanol–water partition coefficient (Wildman–Crippen LogP) is 2.11. The molecule has 0 bridgehead atoms. The molecule has 0 spiro atoms. The van der Waals surface area contributed by atoms with Gasteiger partial charge in [-0.3, -0.25) is 0 Å². The number of nitrogens with two attached hydrogens (primary N) is 1. The molecule has 2 aromatic rings. The van der Waals surface area contributed by atoms with Crippen LogP contribution in [-0.2, 0) is 0 Å². The van der Waals surface area contributed by atoms with Crippen molar-refractivity contribution in [1.29, 1.82) is 0 Å². The van der Waals surface area contributed by atoms with Gasteiger partial charge in [0.25, 0.3) is 0 Å². The quantitative estimate of drug-likeness (QED) is 0.902. The van der Waals surface area contributed by atoms with E-state index in [0.717, 1.165) is 0 Å². The number of hydrogen-bond donors (Lipinski definition) is 2. The number of methoxy groups -OCH3 is 1. The highest BCUT2D eigenvalue weighted by molar-refractivity contribution is 9.10. The van der Waals surface area contributed by atoms with Gasteiger partial charge >= 0.3 is 6.01 Å². The van der Waals surface area contributed by atoms with E-state index in [2.05, 4.69) is 36.2 Å². The standard InChI is InChI=1S/C10H9BrFN5O/c1-18-10-16-8(13)15-9(17-10)14-7-3-2-5(11)4-6(7)12/h2-4H,1H3,(H3,13,14,15,16,17). The number of nitrogens with zero attached hydrogens (tertiary/aromatic N) is 3. The van der Waals surface area contributed by atoms with Crippen LogP contribution in [0.5, 0.6) is 6.01 Å². The molecule has 0 unspecified atom stereocenters. The van der Waals surface area contributed by atoms with Gasteiger partial charge in [-0.15, -0.1) is 0 Å². The first-order valence-corrected chi connectivity index (χ1v) is 5.65. The number of hydrogen-bond acceptors (Lipinski definition) is 6. The Morgan fingerprint density at radius 1 is 1.33 bits per heavy atom. The predicted molar refractivity (Wildman–Crippen MR) is 68.2 cm³/mol. The molecule has 0 saturated carbocycles. The summed E-state index contributed by atoms with van der Waals surface area (Å²) in [5, 5.41) is 2.70. The number of ether oxygens (including phenoxy) is 1. The van der Waals surface area contributed by atoms with Crippen molar-refractivity contribution in [2.75, 3.05) is 18.2 Å². The molecule has 1 aromatic heterocycles. The van der Waals surface area contributed by atoms with Crippen LogP contribution in [0.15, 0.2) is 22.7 Å². The highest BCUT2D eigenvalue weighted by Gasteiger charge is 2.08. The molecule has 3 N–H and O–H groups in total. The van der Waals surface area contributed by atoms with Crippen LogP contribution in [0.4, 0.5) is 22.0 Å². The van der Waals surface area contributed by atoms with Gasteiger partial charge in [0, 0.05) is 4.47 Å². The summed E-state index contributed by atoms with van der Waals surface area (Å²) in [5.74, 6) is -0.343. The van der Waals surface area contributed by atoms with Crippen molar-refractivity contribution < 1.29 is 9.13 Å². The minimum absolute atomic E-state index is 0.0122. The van der Waals surface area contributed by atoms with Crippen LogP contribution < -0.4 is 15.8 Å². The van der Waals surface area contributed by atoms with Gasteiger partial charge in [-0.2, -0.15) is 15.0 Å². The molecule has 0 aliphatic heterocycles. The second-order valence-electron chi connectivity index (χ2n) is 3.25. The summed E-state index contributed by atoms with van der Waals surface area (Å²) >= 11 is 3.17. The van der Waals surface area contributed by atoms with Crippen molar-refractivity contribution >= 4 is 33.5 Å². The highest BCUT2D eigenvalue weighted by Crippen LogP contribution is 2.22. The van der Waals surface area contributed by atoms with Crippen molar-refractivity contribution in [2.24, 2.45) is 0 Å². The molecule has 0 radical (unpaired) electrons. The normalized spacial score (nSPS) is 10.2. The topological polar surface area (TPSA) is 86.0 Å². The SMILES string of the molecule is COc1nc(N)nc(Nc2ccc(Br)cc2F)n1. The molecule has 2 rings (SSSR count). The average Bonchev–Trinajstić information content (AvgIpc) is 2.32. The zero-order valence-corrected chi connectivity index (χ0v) is 10.9. The van der Waals surface area contributed by atoms with E-state index in [1.165, 1.54) is 13.2 Å². The van der Waals surface area contributed by atoms with Crippen molar-refractivity contribution in [2.45, 2.75) is 0 Å². The Morgan fingerprint density at radius 3 is 2.78 bits per heavy atom. The van der Waals surface area contributed by atoms with Crippen LogP contribution in [0.25, 0.3) is 0 Å². The van der Waals surface area contributed by atoms with Crippen molar-refractivity contribution in [1.82, 2.24) is 15.0 Å². The first-order chi connectivity index (χ1) is 8.58. The van der Waals surface area contributed by atoms with E-state index in [-0.39, 0.29) is 23.6 Å². The highest BCUT2D eigenvalue weighted by atomic mass is 79.9. The van der Waals surface area contributed by atoms with Crippen molar-refractivity contribution in [3.8, 4) is 6.01 Å². The number of nitrogens with one attached hydrogen (secondary N) is 1. The fourth-order valence-corrected chi connectivity index (χ4v) is 1.56. The average molecular weight is 314 g/mol. The molecule has 18 heavy (non-hydrogen) atoms. The van der Waals surface area contributed by atoms with Crippen LogP contribution in [0.1, 0.15) is 0 Å². The number of nitrogen functional groups attached to an aromatic ring is 1. The largest absolute Gasteiger partial charge is 0.467 e. The van der Waals surface area contributed by atoms with Gasteiger partial charge in [-0.05, 0) is 18.2 Å². The maximum atomic E-state index is 13.6. The number of halogens is 2. The minimum atomic E-state index is -0.442. The van der Waals surface area contributed by atoms with Crippen LogP contribution in [0.3, 0.4) is 0 Å². The minimum Gasteiger partial charge on any atom is -0.467 e. The summed E-state index contributed by atoms with van der Waals surface area (Å²) in [5.41, 5.74) is 5.69. The Labute approximate surface area is 111 Å². The first-order valence-electron chi connectivity index (χ1n) is 4.86. The van der Waals surface area contributed by atoms with Crippen LogP contribution in [-0.4, -0.2) is 22.1 Å². The van der Waals surface area contributed by atoms with Gasteiger partial charge in [0.2, 0.25) is 11.9 Å². The zero-order chi connectivity index (χ0) is 13.1. The summed E-state index contributed by atoms with van der Waals surface area (Å²) in [4.78, 5) is 11.4. The number of benzene rings is 1. The second kappa shape index (κ2) is 5.13. The Kier molecular flexibility index (Phi) is 3.56. The van der Waals surface area contributed by atoms with Crippen molar-refractivity contribution in [3.63, 3.8) is 0 Å². The van der Waals surface area contributed by atoms with Gasteiger partial charge in [-0.25, -0.2) is 4.39 Å². The Balaban J connectivity index is 2.30. The molecule has 1 heterocycles. The molecule has 8 heteroatoms. The third-order valence-corrected chi connectivity index (χ3v) is 2.49. The maximum Gasteiger partial charge on any atom is 0.322 e.